The quantitative estimate of drug-likeness (QED) is 0.919. The first-order valence-corrected chi connectivity index (χ1v) is 7.84. The number of carbonyl (C=O) groups excluding carboxylic acids is 1. The summed E-state index contributed by atoms with van der Waals surface area (Å²) in [5, 5.41) is 7.50. The van der Waals surface area contributed by atoms with Crippen LogP contribution in [0, 0.1) is 0 Å². The van der Waals surface area contributed by atoms with E-state index in [0.717, 1.165) is 30.7 Å². The van der Waals surface area contributed by atoms with E-state index < -0.39 is 0 Å². The van der Waals surface area contributed by atoms with Gasteiger partial charge >= 0.3 is 6.03 Å². The molecule has 2 amide bonds. The van der Waals surface area contributed by atoms with Crippen molar-refractivity contribution in [3.8, 4) is 0 Å². The molecule has 1 N–H and O–H groups in total. The third kappa shape index (κ3) is 3.09. The molecular formula is C16H18ClN3O2. The Morgan fingerprint density at radius 1 is 1.50 bits per heavy atom. The maximum atomic E-state index is 12.5. The lowest BCUT2D eigenvalue weighted by molar-refractivity contribution is 0.195. The normalized spacial score (nSPS) is 17.7. The number of rotatable bonds is 3. The van der Waals surface area contributed by atoms with Crippen LogP contribution >= 0.6 is 11.6 Å². The number of aryl methyl sites for hydroxylation is 1. The predicted octanol–water partition coefficient (Wildman–Crippen LogP) is 4.26. The van der Waals surface area contributed by atoms with E-state index in [4.69, 9.17) is 16.1 Å². The van der Waals surface area contributed by atoms with E-state index in [1.807, 2.05) is 25.1 Å². The molecule has 0 spiro atoms. The summed E-state index contributed by atoms with van der Waals surface area (Å²) >= 11 is 5.94. The monoisotopic (exact) mass is 319 g/mol. The molecule has 0 unspecified atom stereocenters. The smallest absolute Gasteiger partial charge is 0.322 e. The minimum absolute atomic E-state index is 0.0491. The Bertz CT molecular complexity index is 671. The van der Waals surface area contributed by atoms with E-state index in [-0.39, 0.29) is 12.1 Å². The van der Waals surface area contributed by atoms with Crippen molar-refractivity contribution in [3.63, 3.8) is 0 Å². The van der Waals surface area contributed by atoms with E-state index >= 15 is 0 Å². The number of nitrogens with zero attached hydrogens (tertiary/aromatic N) is 2. The molecule has 1 aromatic heterocycles. The molecule has 0 aliphatic carbocycles. The van der Waals surface area contributed by atoms with Crippen LogP contribution in [0.4, 0.5) is 10.5 Å². The van der Waals surface area contributed by atoms with Crippen molar-refractivity contribution in [2.45, 2.75) is 32.2 Å². The Labute approximate surface area is 134 Å². The number of hydrogen-bond donors (Lipinski definition) is 1. The predicted molar refractivity (Wildman–Crippen MR) is 85.0 cm³/mol. The van der Waals surface area contributed by atoms with Crippen LogP contribution in [0.15, 0.2) is 34.9 Å². The summed E-state index contributed by atoms with van der Waals surface area (Å²) in [6.45, 7) is 2.74. The second kappa shape index (κ2) is 6.40. The Kier molecular flexibility index (Phi) is 4.34. The molecular weight excluding hydrogens is 302 g/mol. The fraction of sp³-hybridized carbons (Fsp3) is 0.375. The molecule has 0 saturated carbocycles. The summed E-state index contributed by atoms with van der Waals surface area (Å²) < 4.78 is 5.40. The van der Waals surface area contributed by atoms with Gasteiger partial charge in [-0.25, -0.2) is 4.79 Å². The van der Waals surface area contributed by atoms with Gasteiger partial charge in [-0.2, -0.15) is 0 Å². The van der Waals surface area contributed by atoms with Crippen molar-refractivity contribution >= 4 is 23.3 Å². The van der Waals surface area contributed by atoms with E-state index in [9.17, 15) is 4.79 Å². The van der Waals surface area contributed by atoms with Crippen LogP contribution in [0.2, 0.25) is 5.02 Å². The van der Waals surface area contributed by atoms with Gasteiger partial charge in [-0.15, -0.1) is 0 Å². The molecule has 6 heteroatoms. The van der Waals surface area contributed by atoms with Gasteiger partial charge in [-0.05, 0) is 37.5 Å². The van der Waals surface area contributed by atoms with Crippen molar-refractivity contribution in [1.29, 1.82) is 0 Å². The van der Waals surface area contributed by atoms with Crippen LogP contribution in [0.1, 0.15) is 37.3 Å². The second-order valence-electron chi connectivity index (χ2n) is 5.37. The van der Waals surface area contributed by atoms with E-state index in [1.54, 1.807) is 17.0 Å². The fourth-order valence-electron chi connectivity index (χ4n) is 2.72. The van der Waals surface area contributed by atoms with Crippen molar-refractivity contribution in [3.05, 3.63) is 46.8 Å². The standard InChI is InChI=1S/C16H18ClN3O2/c1-2-12-10-15(22-19-12)14-7-4-8-20(14)16(21)18-13-6-3-5-11(17)9-13/h3,5-6,9-10,14H,2,4,7-8H2,1H3,(H,18,21)/t14-/m1/s1. The van der Waals surface area contributed by atoms with Gasteiger partial charge in [-0.3, -0.25) is 0 Å². The topological polar surface area (TPSA) is 58.4 Å². The highest BCUT2D eigenvalue weighted by atomic mass is 35.5. The number of likely N-dealkylation sites (tertiary alicyclic amines) is 1. The Morgan fingerprint density at radius 3 is 3.09 bits per heavy atom. The van der Waals surface area contributed by atoms with Gasteiger partial charge in [0.1, 0.15) is 0 Å². The van der Waals surface area contributed by atoms with Gasteiger partial charge in [-0.1, -0.05) is 29.7 Å². The SMILES string of the molecule is CCc1cc([C@H]2CCCN2C(=O)Nc2cccc(Cl)c2)on1. The summed E-state index contributed by atoms with van der Waals surface area (Å²) in [4.78, 5) is 14.3. The number of halogens is 1. The van der Waals surface area contributed by atoms with Crippen LogP contribution in [-0.2, 0) is 6.42 Å². The number of hydrogen-bond acceptors (Lipinski definition) is 3. The largest absolute Gasteiger partial charge is 0.359 e. The molecule has 116 valence electrons. The van der Waals surface area contributed by atoms with E-state index in [1.165, 1.54) is 0 Å². The Balaban J connectivity index is 1.73. The molecule has 1 aliphatic rings. The number of nitrogens with one attached hydrogen (secondary N) is 1. The fourth-order valence-corrected chi connectivity index (χ4v) is 2.91. The van der Waals surface area contributed by atoms with Crippen molar-refractivity contribution < 1.29 is 9.32 Å². The molecule has 22 heavy (non-hydrogen) atoms. The molecule has 5 nitrogen and oxygen atoms in total. The number of urea groups is 1. The first-order valence-electron chi connectivity index (χ1n) is 7.46. The third-order valence-corrected chi connectivity index (χ3v) is 4.09. The van der Waals surface area contributed by atoms with Crippen molar-refractivity contribution in [1.82, 2.24) is 10.1 Å². The van der Waals surface area contributed by atoms with Crippen molar-refractivity contribution in [2.24, 2.45) is 0 Å². The minimum atomic E-state index is -0.140. The van der Waals surface area contributed by atoms with Crippen molar-refractivity contribution in [2.75, 3.05) is 11.9 Å². The number of amides is 2. The lowest BCUT2D eigenvalue weighted by Crippen LogP contribution is -2.34. The zero-order chi connectivity index (χ0) is 15.5. The van der Waals surface area contributed by atoms with Gasteiger partial charge in [0.2, 0.25) is 0 Å². The van der Waals surface area contributed by atoms with Gasteiger partial charge in [0, 0.05) is 23.3 Å². The summed E-state index contributed by atoms with van der Waals surface area (Å²) in [5.41, 5.74) is 1.60. The van der Waals surface area contributed by atoms with Crippen LogP contribution in [0.5, 0.6) is 0 Å². The van der Waals surface area contributed by atoms with Crippen LogP contribution in [-0.4, -0.2) is 22.6 Å². The van der Waals surface area contributed by atoms with Gasteiger partial charge in [0.15, 0.2) is 5.76 Å². The lowest BCUT2D eigenvalue weighted by Gasteiger charge is -2.23. The number of anilines is 1. The summed E-state index contributed by atoms with van der Waals surface area (Å²) in [7, 11) is 0. The molecule has 0 bridgehead atoms. The molecule has 2 heterocycles. The molecule has 1 atom stereocenters. The van der Waals surface area contributed by atoms with Gasteiger partial charge in [0.25, 0.3) is 0 Å². The zero-order valence-corrected chi connectivity index (χ0v) is 13.1. The molecule has 0 radical (unpaired) electrons. The number of aromatic nitrogens is 1. The number of benzene rings is 1. The molecule has 2 aromatic rings. The summed E-state index contributed by atoms with van der Waals surface area (Å²) in [5.74, 6) is 0.760. The molecule has 3 rings (SSSR count). The van der Waals surface area contributed by atoms with Crippen LogP contribution in [0.3, 0.4) is 0 Å². The molecule has 1 aromatic carbocycles. The van der Waals surface area contributed by atoms with E-state index in [0.29, 0.717) is 17.3 Å². The highest BCUT2D eigenvalue weighted by molar-refractivity contribution is 6.30. The zero-order valence-electron chi connectivity index (χ0n) is 12.4. The third-order valence-electron chi connectivity index (χ3n) is 3.86. The summed E-state index contributed by atoms with van der Waals surface area (Å²) in [6.07, 6.45) is 2.67. The van der Waals surface area contributed by atoms with Crippen LogP contribution < -0.4 is 5.32 Å². The van der Waals surface area contributed by atoms with Gasteiger partial charge < -0.3 is 14.7 Å². The lowest BCUT2D eigenvalue weighted by atomic mass is 10.1. The Hall–Kier alpha value is -2.01. The summed E-state index contributed by atoms with van der Waals surface area (Å²) in [6, 6.07) is 8.88. The molecule has 1 aliphatic heterocycles. The first kappa shape index (κ1) is 14.9. The maximum Gasteiger partial charge on any atom is 0.322 e. The highest BCUT2D eigenvalue weighted by Gasteiger charge is 2.32. The average Bonchev–Trinajstić information content (AvgIpc) is 3.16. The maximum absolute atomic E-state index is 12.5. The number of carbonyl (C=O) groups is 1. The van der Waals surface area contributed by atoms with E-state index in [2.05, 4.69) is 10.5 Å². The second-order valence-corrected chi connectivity index (χ2v) is 5.80. The van der Waals surface area contributed by atoms with Crippen LogP contribution in [0.25, 0.3) is 0 Å². The minimum Gasteiger partial charge on any atom is -0.359 e. The first-order chi connectivity index (χ1) is 10.7. The Morgan fingerprint density at radius 2 is 2.36 bits per heavy atom. The van der Waals surface area contributed by atoms with Gasteiger partial charge in [0.05, 0.1) is 11.7 Å². The average molecular weight is 320 g/mol. The highest BCUT2D eigenvalue weighted by Crippen LogP contribution is 2.33. The molecule has 1 saturated heterocycles. The molecule has 1 fully saturated rings.